The van der Waals surface area contributed by atoms with Crippen LogP contribution in [0.2, 0.25) is 0 Å². The predicted molar refractivity (Wildman–Crippen MR) is 150 cm³/mol. The van der Waals surface area contributed by atoms with E-state index in [1.165, 1.54) is 11.8 Å². The number of nitrogens with zero attached hydrogens (tertiary/aromatic N) is 4. The number of hydrogen-bond donors (Lipinski definition) is 1. The van der Waals surface area contributed by atoms with Crippen LogP contribution < -0.4 is 5.43 Å². The maximum Gasteiger partial charge on any atom is 0.250 e. The van der Waals surface area contributed by atoms with Crippen LogP contribution in [-0.2, 0) is 4.79 Å². The number of carbonyl (C=O) groups is 1. The average Bonchev–Trinajstić information content (AvgIpc) is 3.35. The fourth-order valence-corrected chi connectivity index (χ4v) is 4.88. The van der Waals surface area contributed by atoms with Crippen LogP contribution in [0.5, 0.6) is 0 Å². The molecule has 0 fully saturated rings. The van der Waals surface area contributed by atoms with E-state index in [2.05, 4.69) is 54.9 Å². The Balaban J connectivity index is 1.34. The molecule has 8 heteroatoms. The summed E-state index contributed by atoms with van der Waals surface area (Å²) in [6.45, 7) is 1.89. The third kappa shape index (κ3) is 5.24. The summed E-state index contributed by atoms with van der Waals surface area (Å²) in [7, 11) is 0. The Morgan fingerprint density at radius 1 is 0.917 bits per heavy atom. The van der Waals surface area contributed by atoms with Gasteiger partial charge in [0, 0.05) is 21.3 Å². The van der Waals surface area contributed by atoms with Gasteiger partial charge in [-0.1, -0.05) is 100 Å². The van der Waals surface area contributed by atoms with Gasteiger partial charge < -0.3 is 0 Å². The Kier molecular flexibility index (Phi) is 7.25. The summed E-state index contributed by atoms with van der Waals surface area (Å²) >= 11 is 4.80. The van der Waals surface area contributed by atoms with Gasteiger partial charge in [0.1, 0.15) is 0 Å². The number of amides is 1. The average molecular weight is 556 g/mol. The molecule has 1 heterocycles. The number of carbonyl (C=O) groups excluding carboxylic acids is 1. The quantitative estimate of drug-likeness (QED) is 0.142. The van der Waals surface area contributed by atoms with Gasteiger partial charge in [0.15, 0.2) is 11.0 Å². The molecule has 0 atom stereocenters. The second-order valence-corrected chi connectivity index (χ2v) is 9.89. The van der Waals surface area contributed by atoms with E-state index in [1.807, 2.05) is 90.4 Å². The van der Waals surface area contributed by atoms with Crippen LogP contribution in [0, 0.1) is 0 Å². The molecule has 5 rings (SSSR count). The molecule has 0 aliphatic carbocycles. The van der Waals surface area contributed by atoms with E-state index in [1.54, 1.807) is 0 Å². The fraction of sp³-hybridized carbons (Fsp3) is 0.0714. The molecule has 0 spiro atoms. The van der Waals surface area contributed by atoms with Gasteiger partial charge in [-0.2, -0.15) is 5.10 Å². The monoisotopic (exact) mass is 555 g/mol. The first-order chi connectivity index (χ1) is 17.6. The molecule has 0 radical (unpaired) electrons. The number of nitrogens with one attached hydrogen (secondary N) is 1. The molecule has 0 saturated carbocycles. The van der Waals surface area contributed by atoms with Gasteiger partial charge in [-0.05, 0) is 42.0 Å². The van der Waals surface area contributed by atoms with Gasteiger partial charge in [0.05, 0.1) is 11.5 Å². The molecule has 4 aromatic carbocycles. The molecule has 178 valence electrons. The van der Waals surface area contributed by atoms with Gasteiger partial charge in [-0.25, -0.2) is 5.43 Å². The molecule has 0 bridgehead atoms. The largest absolute Gasteiger partial charge is 0.272 e. The fourth-order valence-electron chi connectivity index (χ4n) is 3.87. The van der Waals surface area contributed by atoms with Crippen LogP contribution in [0.4, 0.5) is 0 Å². The van der Waals surface area contributed by atoms with Crippen molar-refractivity contribution in [3.05, 3.63) is 107 Å². The zero-order valence-corrected chi connectivity index (χ0v) is 21.8. The highest BCUT2D eigenvalue weighted by atomic mass is 79.9. The molecular weight excluding hydrogens is 534 g/mol. The van der Waals surface area contributed by atoms with Crippen LogP contribution in [0.25, 0.3) is 27.8 Å². The number of halogens is 1. The molecule has 36 heavy (non-hydrogen) atoms. The zero-order chi connectivity index (χ0) is 24.9. The molecule has 1 amide bonds. The summed E-state index contributed by atoms with van der Waals surface area (Å²) in [5.41, 5.74) is 6.28. The predicted octanol–water partition coefficient (Wildman–Crippen LogP) is 6.48. The highest BCUT2D eigenvalue weighted by Crippen LogP contribution is 2.28. The van der Waals surface area contributed by atoms with Crippen molar-refractivity contribution in [1.29, 1.82) is 0 Å². The molecule has 0 unspecified atom stereocenters. The standard InChI is InChI=1S/C28H22BrN5OS/c1-19(24-13-7-11-20-8-5-6-12-25(20)24)30-31-26(35)18-36-28-33-32-27(21-9-3-2-4-10-21)34(28)23-16-14-22(29)15-17-23/h2-17H,18H2,1H3,(H,31,35). The maximum absolute atomic E-state index is 12.7. The van der Waals surface area contributed by atoms with Crippen molar-refractivity contribution in [2.75, 3.05) is 5.75 Å². The van der Waals surface area contributed by atoms with Crippen molar-refractivity contribution in [2.45, 2.75) is 12.1 Å². The number of rotatable bonds is 7. The minimum Gasteiger partial charge on any atom is -0.272 e. The molecule has 1 N–H and O–H groups in total. The molecule has 6 nitrogen and oxygen atoms in total. The lowest BCUT2D eigenvalue weighted by Gasteiger charge is -2.10. The Labute approximate surface area is 221 Å². The van der Waals surface area contributed by atoms with E-state index in [4.69, 9.17) is 0 Å². The summed E-state index contributed by atoms with van der Waals surface area (Å²) in [6.07, 6.45) is 0. The number of benzene rings is 4. The third-order valence-corrected chi connectivity index (χ3v) is 7.07. The molecule has 0 saturated heterocycles. The Hall–Kier alpha value is -3.75. The maximum atomic E-state index is 12.7. The first kappa shape index (κ1) is 24.0. The molecule has 0 aliphatic rings. The summed E-state index contributed by atoms with van der Waals surface area (Å²) in [5.74, 6) is 0.646. The van der Waals surface area contributed by atoms with E-state index in [-0.39, 0.29) is 11.7 Å². The van der Waals surface area contributed by atoms with Crippen molar-refractivity contribution in [1.82, 2.24) is 20.2 Å². The van der Waals surface area contributed by atoms with Crippen LogP contribution in [0.15, 0.2) is 112 Å². The lowest BCUT2D eigenvalue weighted by Crippen LogP contribution is -2.21. The summed E-state index contributed by atoms with van der Waals surface area (Å²) in [6, 6.07) is 32.0. The van der Waals surface area contributed by atoms with Crippen LogP contribution in [-0.4, -0.2) is 32.1 Å². The zero-order valence-electron chi connectivity index (χ0n) is 19.4. The highest BCUT2D eigenvalue weighted by Gasteiger charge is 2.17. The van der Waals surface area contributed by atoms with Crippen LogP contribution >= 0.6 is 27.7 Å². The van der Waals surface area contributed by atoms with E-state index >= 15 is 0 Å². The van der Waals surface area contributed by atoms with Crippen molar-refractivity contribution >= 4 is 50.1 Å². The minimum atomic E-state index is -0.216. The number of hydrogen-bond acceptors (Lipinski definition) is 5. The lowest BCUT2D eigenvalue weighted by atomic mass is 10.0. The number of aromatic nitrogens is 3. The van der Waals surface area contributed by atoms with Crippen LogP contribution in [0.1, 0.15) is 12.5 Å². The molecule has 1 aromatic heterocycles. The summed E-state index contributed by atoms with van der Waals surface area (Å²) in [5, 5.41) is 16.0. The Bertz CT molecular complexity index is 1540. The molecule has 5 aromatic rings. The summed E-state index contributed by atoms with van der Waals surface area (Å²) < 4.78 is 2.94. The first-order valence-electron chi connectivity index (χ1n) is 11.3. The van der Waals surface area contributed by atoms with Crippen molar-refractivity contribution in [3.8, 4) is 17.1 Å². The van der Waals surface area contributed by atoms with E-state index < -0.39 is 0 Å². The summed E-state index contributed by atoms with van der Waals surface area (Å²) in [4.78, 5) is 12.7. The topological polar surface area (TPSA) is 72.2 Å². The second kappa shape index (κ2) is 10.9. The SMILES string of the molecule is CC(=NNC(=O)CSc1nnc(-c2ccccc2)n1-c1ccc(Br)cc1)c1cccc2ccccc12. The van der Waals surface area contributed by atoms with Crippen molar-refractivity contribution in [2.24, 2.45) is 5.10 Å². The number of fused-ring (bicyclic) bond motifs is 1. The highest BCUT2D eigenvalue weighted by molar-refractivity contribution is 9.10. The molecule has 0 aliphatic heterocycles. The van der Waals surface area contributed by atoms with Crippen molar-refractivity contribution in [3.63, 3.8) is 0 Å². The Morgan fingerprint density at radius 2 is 1.64 bits per heavy atom. The minimum absolute atomic E-state index is 0.149. The second-order valence-electron chi connectivity index (χ2n) is 8.03. The Morgan fingerprint density at radius 3 is 2.44 bits per heavy atom. The van der Waals surface area contributed by atoms with Crippen LogP contribution in [0.3, 0.4) is 0 Å². The van der Waals surface area contributed by atoms with Gasteiger partial charge in [-0.3, -0.25) is 9.36 Å². The van der Waals surface area contributed by atoms with Gasteiger partial charge in [0.25, 0.3) is 5.91 Å². The van der Waals surface area contributed by atoms with Gasteiger partial charge >= 0.3 is 0 Å². The van der Waals surface area contributed by atoms with E-state index in [0.717, 1.165) is 37.8 Å². The van der Waals surface area contributed by atoms with Crippen molar-refractivity contribution < 1.29 is 4.79 Å². The van der Waals surface area contributed by atoms with E-state index in [9.17, 15) is 4.79 Å². The third-order valence-electron chi connectivity index (χ3n) is 5.61. The first-order valence-corrected chi connectivity index (χ1v) is 13.1. The molecular formula is C28H22BrN5OS. The van der Waals surface area contributed by atoms with E-state index in [0.29, 0.717) is 11.0 Å². The van der Waals surface area contributed by atoms with Gasteiger partial charge in [-0.15, -0.1) is 10.2 Å². The number of thioether (sulfide) groups is 1. The van der Waals surface area contributed by atoms with Gasteiger partial charge in [0.2, 0.25) is 0 Å². The normalized spacial score (nSPS) is 11.6. The lowest BCUT2D eigenvalue weighted by molar-refractivity contribution is -0.118. The smallest absolute Gasteiger partial charge is 0.250 e. The number of hydrazone groups is 1.